The number of rotatable bonds is 12. The molecule has 0 radical (unpaired) electrons. The van der Waals surface area contributed by atoms with Crippen LogP contribution in [-0.2, 0) is 26.1 Å². The number of carbonyl (C=O) groups is 3. The van der Waals surface area contributed by atoms with Gasteiger partial charge in [-0.15, -0.1) is 0 Å². The van der Waals surface area contributed by atoms with E-state index >= 15 is 0 Å². The van der Waals surface area contributed by atoms with Crippen molar-refractivity contribution in [2.45, 2.75) is 31.2 Å². The standard InChI is InChI=1S/C33H33Cl2N3O6S/c1-4-5-15-44-31(39)21-38(45(42,43)28-18-25(34)17-26(35)19-28)27-13-14-29-24(16-27)7-6-8-30(29)32(40)36-20-22-9-11-23(12-10-22)33(41)37(2)3/h6-14,16-19H,4-5,15,20-21H2,1-3H3,(H,36,40). The number of nitrogens with zero attached hydrogens (tertiary/aromatic N) is 2. The molecule has 0 unspecified atom stereocenters. The molecule has 2 amide bonds. The quantitative estimate of drug-likeness (QED) is 0.140. The number of amides is 2. The van der Waals surface area contributed by atoms with E-state index in [9.17, 15) is 22.8 Å². The Bertz CT molecular complexity index is 1810. The number of fused-ring (bicyclic) bond motifs is 1. The van der Waals surface area contributed by atoms with Crippen molar-refractivity contribution in [3.63, 3.8) is 0 Å². The molecule has 12 heteroatoms. The number of carbonyl (C=O) groups excluding carboxylic acids is 3. The molecule has 4 rings (SSSR count). The van der Waals surface area contributed by atoms with Gasteiger partial charge in [0.25, 0.3) is 21.8 Å². The van der Waals surface area contributed by atoms with Gasteiger partial charge in [0.1, 0.15) is 6.54 Å². The molecule has 1 N–H and O–H groups in total. The lowest BCUT2D eigenvalue weighted by molar-refractivity contribution is -0.141. The number of sulfonamides is 1. The van der Waals surface area contributed by atoms with Crippen molar-refractivity contribution in [1.82, 2.24) is 10.2 Å². The fraction of sp³-hybridized carbons (Fsp3) is 0.242. The molecule has 0 fully saturated rings. The number of benzene rings is 4. The second-order valence-electron chi connectivity index (χ2n) is 10.5. The Morgan fingerprint density at radius 1 is 0.889 bits per heavy atom. The predicted octanol–water partition coefficient (Wildman–Crippen LogP) is 6.32. The monoisotopic (exact) mass is 669 g/mol. The number of unbranched alkanes of at least 4 members (excludes halogenated alkanes) is 1. The van der Waals surface area contributed by atoms with Crippen LogP contribution in [0.15, 0.2) is 83.8 Å². The topological polar surface area (TPSA) is 113 Å². The normalized spacial score (nSPS) is 11.2. The van der Waals surface area contributed by atoms with Gasteiger partial charge in [-0.05, 0) is 71.3 Å². The zero-order chi connectivity index (χ0) is 32.7. The maximum absolute atomic E-state index is 13.8. The Morgan fingerprint density at radius 2 is 1.58 bits per heavy atom. The van der Waals surface area contributed by atoms with Gasteiger partial charge in [0.2, 0.25) is 0 Å². The van der Waals surface area contributed by atoms with E-state index in [1.165, 1.54) is 29.2 Å². The minimum Gasteiger partial charge on any atom is -0.464 e. The van der Waals surface area contributed by atoms with Crippen LogP contribution in [0.1, 0.15) is 46.0 Å². The van der Waals surface area contributed by atoms with Crippen molar-refractivity contribution in [2.75, 3.05) is 31.6 Å². The predicted molar refractivity (Wildman–Crippen MR) is 176 cm³/mol. The van der Waals surface area contributed by atoms with E-state index in [1.54, 1.807) is 68.7 Å². The lowest BCUT2D eigenvalue weighted by Gasteiger charge is -2.24. The molecule has 236 valence electrons. The van der Waals surface area contributed by atoms with Crippen molar-refractivity contribution < 1.29 is 27.5 Å². The van der Waals surface area contributed by atoms with Crippen LogP contribution in [0, 0.1) is 0 Å². The summed E-state index contributed by atoms with van der Waals surface area (Å²) in [5, 5.41) is 4.31. The van der Waals surface area contributed by atoms with E-state index in [-0.39, 0.29) is 45.6 Å². The number of anilines is 1. The minimum absolute atomic E-state index is 0.114. The molecule has 0 spiro atoms. The Hall–Kier alpha value is -4.12. The van der Waals surface area contributed by atoms with Crippen LogP contribution < -0.4 is 9.62 Å². The van der Waals surface area contributed by atoms with Crippen LogP contribution in [0.25, 0.3) is 10.8 Å². The highest BCUT2D eigenvalue weighted by Crippen LogP contribution is 2.31. The van der Waals surface area contributed by atoms with Gasteiger partial charge in [-0.25, -0.2) is 8.42 Å². The second kappa shape index (κ2) is 14.8. The summed E-state index contributed by atoms with van der Waals surface area (Å²) < 4.78 is 33.9. The third kappa shape index (κ3) is 8.33. The van der Waals surface area contributed by atoms with Gasteiger partial charge in [-0.1, -0.05) is 66.9 Å². The highest BCUT2D eigenvalue weighted by Gasteiger charge is 2.29. The average Bonchev–Trinajstić information content (AvgIpc) is 3.01. The molecule has 0 bridgehead atoms. The number of esters is 1. The van der Waals surface area contributed by atoms with Gasteiger partial charge in [0, 0.05) is 41.8 Å². The van der Waals surface area contributed by atoms with Crippen molar-refractivity contribution in [3.05, 3.63) is 106 Å². The first kappa shape index (κ1) is 33.8. The van der Waals surface area contributed by atoms with Gasteiger partial charge in [0.15, 0.2) is 0 Å². The lowest BCUT2D eigenvalue weighted by Crippen LogP contribution is -2.36. The van der Waals surface area contributed by atoms with E-state index < -0.39 is 22.5 Å². The van der Waals surface area contributed by atoms with Gasteiger partial charge in [-0.3, -0.25) is 18.7 Å². The summed E-state index contributed by atoms with van der Waals surface area (Å²) in [4.78, 5) is 39.4. The molecular formula is C33H33Cl2N3O6S. The highest BCUT2D eigenvalue weighted by molar-refractivity contribution is 7.92. The maximum Gasteiger partial charge on any atom is 0.326 e. The van der Waals surface area contributed by atoms with E-state index in [1.807, 2.05) is 6.92 Å². The third-order valence-electron chi connectivity index (χ3n) is 6.91. The second-order valence-corrected chi connectivity index (χ2v) is 13.2. The number of hydrogen-bond acceptors (Lipinski definition) is 6. The average molecular weight is 671 g/mol. The lowest BCUT2D eigenvalue weighted by atomic mass is 10.0. The van der Waals surface area contributed by atoms with E-state index in [0.29, 0.717) is 28.3 Å². The fourth-order valence-corrected chi connectivity index (χ4v) is 6.67. The Kier molecular flexibility index (Phi) is 11.1. The first-order valence-electron chi connectivity index (χ1n) is 14.2. The molecular weight excluding hydrogens is 637 g/mol. The Morgan fingerprint density at radius 3 is 2.22 bits per heavy atom. The summed E-state index contributed by atoms with van der Waals surface area (Å²) in [6, 6.07) is 20.8. The fourth-order valence-electron chi connectivity index (χ4n) is 4.54. The van der Waals surface area contributed by atoms with Crippen LogP contribution in [0.3, 0.4) is 0 Å². The van der Waals surface area contributed by atoms with E-state index in [0.717, 1.165) is 16.3 Å². The summed E-state index contributed by atoms with van der Waals surface area (Å²) in [6.07, 6.45) is 1.45. The smallest absolute Gasteiger partial charge is 0.326 e. The van der Waals surface area contributed by atoms with Gasteiger partial charge >= 0.3 is 5.97 Å². The summed E-state index contributed by atoms with van der Waals surface area (Å²) in [7, 11) is -0.955. The largest absolute Gasteiger partial charge is 0.464 e. The Labute approximate surface area is 272 Å². The van der Waals surface area contributed by atoms with E-state index in [4.69, 9.17) is 27.9 Å². The molecule has 0 heterocycles. The van der Waals surface area contributed by atoms with Crippen LogP contribution in [0.4, 0.5) is 5.69 Å². The van der Waals surface area contributed by atoms with Crippen molar-refractivity contribution in [2.24, 2.45) is 0 Å². The van der Waals surface area contributed by atoms with Crippen LogP contribution >= 0.6 is 23.2 Å². The molecule has 45 heavy (non-hydrogen) atoms. The number of ether oxygens (including phenoxy) is 1. The van der Waals surface area contributed by atoms with Crippen LogP contribution in [0.5, 0.6) is 0 Å². The molecule has 0 atom stereocenters. The van der Waals surface area contributed by atoms with Gasteiger partial charge in [0.05, 0.1) is 17.2 Å². The number of halogens is 2. The summed E-state index contributed by atoms with van der Waals surface area (Å²) in [5.74, 6) is -1.16. The first-order valence-corrected chi connectivity index (χ1v) is 16.4. The molecule has 9 nitrogen and oxygen atoms in total. The van der Waals surface area contributed by atoms with Crippen molar-refractivity contribution in [1.29, 1.82) is 0 Å². The molecule has 0 aromatic heterocycles. The third-order valence-corrected chi connectivity index (χ3v) is 9.10. The van der Waals surface area contributed by atoms with Crippen molar-refractivity contribution in [3.8, 4) is 0 Å². The summed E-state index contributed by atoms with van der Waals surface area (Å²) >= 11 is 12.2. The highest BCUT2D eigenvalue weighted by atomic mass is 35.5. The zero-order valence-electron chi connectivity index (χ0n) is 25.0. The molecule has 4 aromatic rings. The maximum atomic E-state index is 13.8. The summed E-state index contributed by atoms with van der Waals surface area (Å²) in [5.41, 5.74) is 1.93. The molecule has 0 saturated carbocycles. The molecule has 0 saturated heterocycles. The number of nitrogens with one attached hydrogen (secondary N) is 1. The van der Waals surface area contributed by atoms with Gasteiger partial charge < -0.3 is 15.0 Å². The molecule has 0 aliphatic heterocycles. The van der Waals surface area contributed by atoms with Crippen LogP contribution in [-0.4, -0.2) is 58.3 Å². The van der Waals surface area contributed by atoms with Gasteiger partial charge in [-0.2, -0.15) is 0 Å². The molecule has 0 aliphatic carbocycles. The Balaban J connectivity index is 1.62. The van der Waals surface area contributed by atoms with Crippen LogP contribution in [0.2, 0.25) is 10.0 Å². The van der Waals surface area contributed by atoms with E-state index in [2.05, 4.69) is 5.32 Å². The number of hydrogen-bond donors (Lipinski definition) is 1. The zero-order valence-corrected chi connectivity index (χ0v) is 27.4. The first-order chi connectivity index (χ1) is 21.4. The van der Waals surface area contributed by atoms with Crippen molar-refractivity contribution >= 4 is 67.5 Å². The minimum atomic E-state index is -4.31. The molecule has 4 aromatic carbocycles. The summed E-state index contributed by atoms with van der Waals surface area (Å²) in [6.45, 7) is 1.77. The SMILES string of the molecule is CCCCOC(=O)CN(c1ccc2c(C(=O)NCc3ccc(C(=O)N(C)C)cc3)cccc2c1)S(=O)(=O)c1cc(Cl)cc(Cl)c1. The molecule has 0 aliphatic rings.